The molecule has 6 nitrogen and oxygen atoms in total. The first-order valence-electron chi connectivity index (χ1n) is 12.6. The van der Waals surface area contributed by atoms with E-state index < -0.39 is 10.0 Å². The van der Waals surface area contributed by atoms with Gasteiger partial charge in [-0.3, -0.25) is 0 Å². The largest absolute Gasteiger partial charge is 0.379 e. The Morgan fingerprint density at radius 1 is 0.838 bits per heavy atom. The Labute approximate surface area is 221 Å². The van der Waals surface area contributed by atoms with Crippen molar-refractivity contribution in [2.45, 2.75) is 29.7 Å². The van der Waals surface area contributed by atoms with Crippen molar-refractivity contribution in [3.8, 4) is 32.3 Å². The van der Waals surface area contributed by atoms with E-state index in [-0.39, 0.29) is 5.54 Å². The molecular formula is C29H29N3O3S2. The van der Waals surface area contributed by atoms with Gasteiger partial charge < -0.3 is 10.5 Å². The standard InChI is InChI=1S/C29H29N3O3S2/c30-29(15-4-16-29)24-11-7-21(8-12-24)26-27(22-5-2-1-3-6-22)36-28(31-26)23-9-13-25(14-10-23)37(33,34)32-17-19-35-20-18-32/h1-3,5-14H,4,15-20,30H2. The average Bonchev–Trinajstić information content (AvgIpc) is 3.38. The van der Waals surface area contributed by atoms with Gasteiger partial charge in [-0.05, 0) is 42.5 Å². The highest BCUT2D eigenvalue weighted by Crippen LogP contribution is 2.43. The van der Waals surface area contributed by atoms with Crippen molar-refractivity contribution in [3.05, 3.63) is 84.4 Å². The number of nitrogens with zero attached hydrogens (tertiary/aromatic N) is 2. The lowest BCUT2D eigenvalue weighted by molar-refractivity contribution is 0.0730. The monoisotopic (exact) mass is 531 g/mol. The molecule has 1 aliphatic heterocycles. The number of sulfonamides is 1. The number of rotatable bonds is 6. The van der Waals surface area contributed by atoms with Crippen LogP contribution in [0.3, 0.4) is 0 Å². The van der Waals surface area contributed by atoms with E-state index in [1.165, 1.54) is 16.3 Å². The third-order valence-electron chi connectivity index (χ3n) is 7.35. The maximum Gasteiger partial charge on any atom is 0.243 e. The summed E-state index contributed by atoms with van der Waals surface area (Å²) in [5, 5.41) is 0.850. The first-order valence-corrected chi connectivity index (χ1v) is 14.8. The summed E-state index contributed by atoms with van der Waals surface area (Å²) in [5.74, 6) is 0. The van der Waals surface area contributed by atoms with Crippen molar-refractivity contribution in [2.75, 3.05) is 26.3 Å². The second kappa shape index (κ2) is 9.78. The van der Waals surface area contributed by atoms with Gasteiger partial charge in [-0.25, -0.2) is 13.4 Å². The van der Waals surface area contributed by atoms with E-state index >= 15 is 0 Å². The van der Waals surface area contributed by atoms with Crippen molar-refractivity contribution in [3.63, 3.8) is 0 Å². The second-order valence-corrected chi connectivity index (χ2v) is 12.6. The van der Waals surface area contributed by atoms with Crippen LogP contribution in [0, 0.1) is 0 Å². The number of benzene rings is 3. The molecule has 0 radical (unpaired) electrons. The van der Waals surface area contributed by atoms with Gasteiger partial charge in [-0.15, -0.1) is 11.3 Å². The van der Waals surface area contributed by atoms with Crippen LogP contribution in [-0.4, -0.2) is 44.0 Å². The highest BCUT2D eigenvalue weighted by atomic mass is 32.2. The molecule has 3 aromatic carbocycles. The Morgan fingerprint density at radius 3 is 2.11 bits per heavy atom. The van der Waals surface area contributed by atoms with Gasteiger partial charge in [-0.2, -0.15) is 4.31 Å². The minimum Gasteiger partial charge on any atom is -0.379 e. The van der Waals surface area contributed by atoms with E-state index in [2.05, 4.69) is 36.4 Å². The molecule has 2 N–H and O–H groups in total. The Kier molecular flexibility index (Phi) is 6.46. The number of ether oxygens (including phenoxy) is 1. The molecule has 190 valence electrons. The third-order valence-corrected chi connectivity index (χ3v) is 10.4. The lowest BCUT2D eigenvalue weighted by Gasteiger charge is -2.38. The van der Waals surface area contributed by atoms with Crippen LogP contribution in [0.4, 0.5) is 0 Å². The summed E-state index contributed by atoms with van der Waals surface area (Å²) in [6, 6.07) is 25.8. The summed E-state index contributed by atoms with van der Waals surface area (Å²) in [6.07, 6.45) is 3.23. The summed E-state index contributed by atoms with van der Waals surface area (Å²) in [6.45, 7) is 1.61. The van der Waals surface area contributed by atoms with Crippen molar-refractivity contribution >= 4 is 21.4 Å². The summed E-state index contributed by atoms with van der Waals surface area (Å²) in [5.41, 5.74) is 11.5. The normalized spacial score (nSPS) is 17.9. The number of morpholine rings is 1. The molecule has 1 saturated carbocycles. The van der Waals surface area contributed by atoms with Gasteiger partial charge in [0.25, 0.3) is 0 Å². The topological polar surface area (TPSA) is 85.5 Å². The zero-order valence-corrected chi connectivity index (χ0v) is 22.1. The molecule has 1 aromatic heterocycles. The molecule has 0 bridgehead atoms. The molecule has 0 atom stereocenters. The van der Waals surface area contributed by atoms with Crippen LogP contribution in [-0.2, 0) is 20.3 Å². The first kappa shape index (κ1) is 24.5. The lowest BCUT2D eigenvalue weighted by Crippen LogP contribution is -2.43. The molecule has 37 heavy (non-hydrogen) atoms. The number of thiazole rings is 1. The molecule has 0 unspecified atom stereocenters. The van der Waals surface area contributed by atoms with Crippen LogP contribution in [0.2, 0.25) is 0 Å². The molecule has 2 heterocycles. The van der Waals surface area contributed by atoms with E-state index in [0.29, 0.717) is 31.2 Å². The van der Waals surface area contributed by atoms with E-state index in [1.807, 2.05) is 30.3 Å². The average molecular weight is 532 g/mol. The predicted molar refractivity (Wildman–Crippen MR) is 148 cm³/mol. The smallest absolute Gasteiger partial charge is 0.243 e. The van der Waals surface area contributed by atoms with Crippen LogP contribution in [0.25, 0.3) is 32.3 Å². The van der Waals surface area contributed by atoms with Crippen LogP contribution < -0.4 is 5.73 Å². The number of hydrogen-bond acceptors (Lipinski definition) is 6. The van der Waals surface area contributed by atoms with Crippen LogP contribution in [0.5, 0.6) is 0 Å². The minimum atomic E-state index is -3.54. The summed E-state index contributed by atoms with van der Waals surface area (Å²) >= 11 is 1.62. The molecule has 0 amide bonds. The zero-order valence-electron chi connectivity index (χ0n) is 20.5. The molecule has 0 spiro atoms. The molecule has 4 aromatic rings. The zero-order chi connectivity index (χ0) is 25.5. The number of hydrogen-bond donors (Lipinski definition) is 1. The quantitative estimate of drug-likeness (QED) is 0.355. The van der Waals surface area contributed by atoms with Crippen molar-refractivity contribution in [1.82, 2.24) is 9.29 Å². The SMILES string of the molecule is NC1(c2ccc(-c3nc(-c4ccc(S(=O)(=O)N5CCOCC5)cc4)sc3-c3ccccc3)cc2)CCC1. The highest BCUT2D eigenvalue weighted by Gasteiger charge is 2.34. The first-order chi connectivity index (χ1) is 17.9. The van der Waals surface area contributed by atoms with E-state index in [9.17, 15) is 8.42 Å². The Hall–Kier alpha value is -2.88. The van der Waals surface area contributed by atoms with E-state index in [4.69, 9.17) is 15.5 Å². The summed E-state index contributed by atoms with van der Waals surface area (Å²) < 4.78 is 32.9. The summed E-state index contributed by atoms with van der Waals surface area (Å²) in [4.78, 5) is 6.42. The van der Waals surface area contributed by atoms with Gasteiger partial charge in [0.1, 0.15) is 5.01 Å². The lowest BCUT2D eigenvalue weighted by atomic mass is 9.72. The van der Waals surface area contributed by atoms with E-state index in [0.717, 1.165) is 45.1 Å². The van der Waals surface area contributed by atoms with Gasteiger partial charge in [0.2, 0.25) is 10.0 Å². The Bertz CT molecular complexity index is 1490. The molecular weight excluding hydrogens is 502 g/mol. The number of nitrogens with two attached hydrogens (primary N) is 1. The molecule has 2 aliphatic rings. The number of aromatic nitrogens is 1. The van der Waals surface area contributed by atoms with Crippen LogP contribution in [0.1, 0.15) is 24.8 Å². The van der Waals surface area contributed by atoms with Gasteiger partial charge in [0.05, 0.1) is 28.7 Å². The minimum absolute atomic E-state index is 0.197. The van der Waals surface area contributed by atoms with Crippen molar-refractivity contribution < 1.29 is 13.2 Å². The molecule has 1 saturated heterocycles. The fraction of sp³-hybridized carbons (Fsp3) is 0.276. The van der Waals surface area contributed by atoms with E-state index in [1.54, 1.807) is 23.5 Å². The molecule has 8 heteroatoms. The Morgan fingerprint density at radius 2 is 1.49 bits per heavy atom. The van der Waals surface area contributed by atoms with Gasteiger partial charge in [-0.1, -0.05) is 66.7 Å². The fourth-order valence-corrected chi connectivity index (χ4v) is 7.44. The Balaban J connectivity index is 1.35. The van der Waals surface area contributed by atoms with Gasteiger partial charge in [0, 0.05) is 29.8 Å². The maximum atomic E-state index is 13.0. The van der Waals surface area contributed by atoms with Gasteiger partial charge >= 0.3 is 0 Å². The van der Waals surface area contributed by atoms with Crippen molar-refractivity contribution in [1.29, 1.82) is 0 Å². The second-order valence-electron chi connectivity index (χ2n) is 9.69. The van der Waals surface area contributed by atoms with Crippen molar-refractivity contribution in [2.24, 2.45) is 5.73 Å². The maximum absolute atomic E-state index is 13.0. The van der Waals surface area contributed by atoms with Gasteiger partial charge in [0.15, 0.2) is 0 Å². The summed E-state index contributed by atoms with van der Waals surface area (Å²) in [7, 11) is -3.54. The third kappa shape index (κ3) is 4.64. The molecule has 2 fully saturated rings. The predicted octanol–water partition coefficient (Wildman–Crippen LogP) is 5.50. The molecule has 1 aliphatic carbocycles. The van der Waals surface area contributed by atoms with Crippen LogP contribution >= 0.6 is 11.3 Å². The fourth-order valence-electron chi connectivity index (χ4n) is 4.94. The van der Waals surface area contributed by atoms with Crippen LogP contribution in [0.15, 0.2) is 83.8 Å². The molecule has 6 rings (SSSR count). The highest BCUT2D eigenvalue weighted by molar-refractivity contribution is 7.89.